The summed E-state index contributed by atoms with van der Waals surface area (Å²) in [5.41, 5.74) is 2.37. The Balaban J connectivity index is 1.87. The molecule has 0 bridgehead atoms. The van der Waals surface area contributed by atoms with Crippen molar-refractivity contribution in [2.75, 3.05) is 12.3 Å². The number of sulfone groups is 1. The van der Waals surface area contributed by atoms with Gasteiger partial charge in [0, 0.05) is 17.6 Å². The highest BCUT2D eigenvalue weighted by atomic mass is 79.9. The van der Waals surface area contributed by atoms with E-state index in [-0.39, 0.29) is 5.25 Å². The van der Waals surface area contributed by atoms with Crippen LogP contribution in [0.15, 0.2) is 22.7 Å². The molecule has 2 rings (SSSR count). The molecule has 5 heteroatoms. The zero-order valence-corrected chi connectivity index (χ0v) is 12.9. The molecule has 18 heavy (non-hydrogen) atoms. The first-order chi connectivity index (χ1) is 8.49. The van der Waals surface area contributed by atoms with Crippen molar-refractivity contribution in [1.82, 2.24) is 5.32 Å². The summed E-state index contributed by atoms with van der Waals surface area (Å²) < 4.78 is 24.4. The van der Waals surface area contributed by atoms with Crippen molar-refractivity contribution in [3.05, 3.63) is 33.8 Å². The first kappa shape index (κ1) is 14.0. The minimum atomic E-state index is -2.83. The number of benzene rings is 1. The Hall–Kier alpha value is -0.390. The molecule has 1 atom stereocenters. The van der Waals surface area contributed by atoms with Crippen LogP contribution in [0.3, 0.4) is 0 Å². The Labute approximate surface area is 117 Å². The lowest BCUT2D eigenvalue weighted by atomic mass is 10.1. The third-order valence-electron chi connectivity index (χ3n) is 3.40. The Morgan fingerprint density at radius 1 is 1.44 bits per heavy atom. The van der Waals surface area contributed by atoms with Gasteiger partial charge < -0.3 is 5.32 Å². The van der Waals surface area contributed by atoms with E-state index in [0.717, 1.165) is 17.3 Å². The van der Waals surface area contributed by atoms with Gasteiger partial charge in [-0.15, -0.1) is 0 Å². The fourth-order valence-electron chi connectivity index (χ4n) is 2.21. The molecule has 0 amide bonds. The molecule has 1 aromatic rings. The van der Waals surface area contributed by atoms with Gasteiger partial charge in [-0.05, 0) is 37.0 Å². The SMILES string of the molecule is Cc1ccc(CNCC2CCCS2(=O)=O)cc1Br. The Bertz CT molecular complexity index is 528. The van der Waals surface area contributed by atoms with Crippen LogP contribution < -0.4 is 5.32 Å². The zero-order chi connectivity index (χ0) is 13.2. The van der Waals surface area contributed by atoms with Gasteiger partial charge in [0.15, 0.2) is 9.84 Å². The van der Waals surface area contributed by atoms with Crippen LogP contribution in [0, 0.1) is 6.92 Å². The van der Waals surface area contributed by atoms with Crippen LogP contribution in [0.1, 0.15) is 24.0 Å². The van der Waals surface area contributed by atoms with Gasteiger partial charge in [-0.3, -0.25) is 0 Å². The molecule has 1 saturated heterocycles. The van der Waals surface area contributed by atoms with Crippen LogP contribution in [0.2, 0.25) is 0 Å². The molecule has 0 spiro atoms. The smallest absolute Gasteiger partial charge is 0.154 e. The Morgan fingerprint density at radius 2 is 2.22 bits per heavy atom. The van der Waals surface area contributed by atoms with E-state index < -0.39 is 9.84 Å². The molecule has 0 radical (unpaired) electrons. The van der Waals surface area contributed by atoms with Crippen molar-refractivity contribution in [3.63, 3.8) is 0 Å². The molecule has 1 aromatic carbocycles. The van der Waals surface area contributed by atoms with Gasteiger partial charge >= 0.3 is 0 Å². The first-order valence-electron chi connectivity index (χ1n) is 6.16. The van der Waals surface area contributed by atoms with Gasteiger partial charge in [0.05, 0.1) is 11.0 Å². The summed E-state index contributed by atoms with van der Waals surface area (Å²) in [5, 5.41) is 3.06. The van der Waals surface area contributed by atoms with E-state index in [4.69, 9.17) is 0 Å². The first-order valence-corrected chi connectivity index (χ1v) is 8.67. The van der Waals surface area contributed by atoms with Crippen LogP contribution in [-0.4, -0.2) is 26.0 Å². The number of rotatable bonds is 4. The number of aryl methyl sites for hydroxylation is 1. The topological polar surface area (TPSA) is 46.2 Å². The summed E-state index contributed by atoms with van der Waals surface area (Å²) in [6, 6.07) is 6.20. The molecule has 0 aromatic heterocycles. The van der Waals surface area contributed by atoms with Gasteiger partial charge in [0.1, 0.15) is 0 Å². The molecule has 0 saturated carbocycles. The molecular formula is C13H18BrNO2S. The highest BCUT2D eigenvalue weighted by Crippen LogP contribution is 2.20. The lowest BCUT2D eigenvalue weighted by molar-refractivity contribution is 0.574. The average molecular weight is 332 g/mol. The van der Waals surface area contributed by atoms with E-state index in [1.807, 2.05) is 6.92 Å². The standard InChI is InChI=1S/C13H18BrNO2S/c1-10-4-5-11(7-13(10)14)8-15-9-12-3-2-6-18(12,16)17/h4-5,7,12,15H,2-3,6,8-9H2,1H3. The number of nitrogens with one attached hydrogen (secondary N) is 1. The lowest BCUT2D eigenvalue weighted by Crippen LogP contribution is -2.30. The molecule has 1 unspecified atom stereocenters. The quantitative estimate of drug-likeness (QED) is 0.921. The third-order valence-corrected chi connectivity index (χ3v) is 6.53. The summed E-state index contributed by atoms with van der Waals surface area (Å²) >= 11 is 3.50. The summed E-state index contributed by atoms with van der Waals surface area (Å²) in [6.45, 7) is 3.32. The van der Waals surface area contributed by atoms with Crippen LogP contribution in [-0.2, 0) is 16.4 Å². The fraction of sp³-hybridized carbons (Fsp3) is 0.538. The van der Waals surface area contributed by atoms with Crippen molar-refractivity contribution in [1.29, 1.82) is 0 Å². The molecule has 1 aliphatic heterocycles. The van der Waals surface area contributed by atoms with E-state index >= 15 is 0 Å². The van der Waals surface area contributed by atoms with E-state index in [0.29, 0.717) is 18.8 Å². The van der Waals surface area contributed by atoms with E-state index in [2.05, 4.69) is 39.4 Å². The molecule has 1 aliphatic rings. The van der Waals surface area contributed by atoms with Crippen molar-refractivity contribution < 1.29 is 8.42 Å². The molecule has 3 nitrogen and oxygen atoms in total. The monoisotopic (exact) mass is 331 g/mol. The minimum absolute atomic E-state index is 0.189. The normalized spacial score (nSPS) is 22.2. The minimum Gasteiger partial charge on any atom is -0.311 e. The predicted molar refractivity (Wildman–Crippen MR) is 77.4 cm³/mol. The maximum Gasteiger partial charge on any atom is 0.154 e. The second-order valence-corrected chi connectivity index (χ2v) is 8.10. The lowest BCUT2D eigenvalue weighted by Gasteiger charge is -2.11. The molecule has 1 N–H and O–H groups in total. The zero-order valence-electron chi connectivity index (χ0n) is 10.4. The van der Waals surface area contributed by atoms with Crippen LogP contribution in [0.5, 0.6) is 0 Å². The second kappa shape index (κ2) is 5.72. The van der Waals surface area contributed by atoms with Crippen molar-refractivity contribution in [3.8, 4) is 0 Å². The number of hydrogen-bond donors (Lipinski definition) is 1. The summed E-state index contributed by atoms with van der Waals surface area (Å²) in [7, 11) is -2.83. The largest absolute Gasteiger partial charge is 0.311 e. The van der Waals surface area contributed by atoms with Gasteiger partial charge in [-0.1, -0.05) is 28.1 Å². The van der Waals surface area contributed by atoms with Crippen molar-refractivity contribution in [2.45, 2.75) is 31.6 Å². The summed E-state index contributed by atoms with van der Waals surface area (Å²) in [6.07, 6.45) is 1.61. The summed E-state index contributed by atoms with van der Waals surface area (Å²) in [5.74, 6) is 0.357. The second-order valence-electron chi connectivity index (χ2n) is 4.85. The van der Waals surface area contributed by atoms with Gasteiger partial charge in [-0.2, -0.15) is 0 Å². The van der Waals surface area contributed by atoms with E-state index in [1.165, 1.54) is 11.1 Å². The van der Waals surface area contributed by atoms with E-state index in [9.17, 15) is 8.42 Å². The molecule has 0 aliphatic carbocycles. The summed E-state index contributed by atoms with van der Waals surface area (Å²) in [4.78, 5) is 0. The molecular weight excluding hydrogens is 314 g/mol. The van der Waals surface area contributed by atoms with Gasteiger partial charge in [0.25, 0.3) is 0 Å². The maximum atomic E-state index is 11.7. The van der Waals surface area contributed by atoms with Crippen LogP contribution in [0.25, 0.3) is 0 Å². The number of halogens is 1. The van der Waals surface area contributed by atoms with Crippen LogP contribution in [0.4, 0.5) is 0 Å². The molecule has 1 fully saturated rings. The van der Waals surface area contributed by atoms with Gasteiger partial charge in [0.2, 0.25) is 0 Å². The van der Waals surface area contributed by atoms with Crippen molar-refractivity contribution in [2.24, 2.45) is 0 Å². The molecule has 1 heterocycles. The highest BCUT2D eigenvalue weighted by Gasteiger charge is 2.30. The Morgan fingerprint density at radius 3 is 2.83 bits per heavy atom. The number of hydrogen-bond acceptors (Lipinski definition) is 3. The maximum absolute atomic E-state index is 11.7. The predicted octanol–water partition coefficient (Wildman–Crippen LogP) is 2.42. The average Bonchev–Trinajstić information content (AvgIpc) is 2.63. The Kier molecular flexibility index (Phi) is 4.45. The molecule has 100 valence electrons. The van der Waals surface area contributed by atoms with Crippen LogP contribution >= 0.6 is 15.9 Å². The van der Waals surface area contributed by atoms with Crippen molar-refractivity contribution >= 4 is 25.8 Å². The highest BCUT2D eigenvalue weighted by molar-refractivity contribution is 9.10. The fourth-order valence-corrected chi connectivity index (χ4v) is 4.44. The van der Waals surface area contributed by atoms with Gasteiger partial charge in [-0.25, -0.2) is 8.42 Å². The van der Waals surface area contributed by atoms with E-state index in [1.54, 1.807) is 0 Å². The third kappa shape index (κ3) is 3.33.